The third-order valence-electron chi connectivity index (χ3n) is 6.57. The molecule has 0 unspecified atom stereocenters. The summed E-state index contributed by atoms with van der Waals surface area (Å²) in [6.45, 7) is 3.80. The van der Waals surface area contributed by atoms with Gasteiger partial charge in [0.15, 0.2) is 11.0 Å². The Kier molecular flexibility index (Phi) is 5.86. The molecule has 1 aromatic heterocycles. The van der Waals surface area contributed by atoms with E-state index in [1.54, 1.807) is 17.9 Å². The van der Waals surface area contributed by atoms with E-state index in [2.05, 4.69) is 15.0 Å². The molecular weight excluding hydrogens is 484 g/mol. The molecule has 2 aliphatic heterocycles. The maximum atomic E-state index is 15.1. The third kappa shape index (κ3) is 3.97. The Bertz CT molecular complexity index is 1200. The Labute approximate surface area is 204 Å². The zero-order chi connectivity index (χ0) is 24.1. The second kappa shape index (κ2) is 8.58. The lowest BCUT2D eigenvalue weighted by Crippen LogP contribution is -2.49. The van der Waals surface area contributed by atoms with Crippen LogP contribution in [0.25, 0.3) is 11.9 Å². The number of hydrogen-bond donors (Lipinski definition) is 1. The number of aromatic nitrogens is 2. The molecule has 1 saturated carbocycles. The number of morpholine rings is 1. The fraction of sp³-hybridized carbons (Fsp3) is 0.391. The molecule has 1 aromatic carbocycles. The first-order valence-corrected chi connectivity index (χ1v) is 12.0. The summed E-state index contributed by atoms with van der Waals surface area (Å²) in [4.78, 5) is 27.6. The van der Waals surface area contributed by atoms with Gasteiger partial charge in [-0.1, -0.05) is 29.4 Å². The van der Waals surface area contributed by atoms with Crippen molar-refractivity contribution in [1.29, 1.82) is 0 Å². The molecular formula is C23H22ClF2N5O2S. The van der Waals surface area contributed by atoms with E-state index in [4.69, 9.17) is 22.1 Å². The van der Waals surface area contributed by atoms with Crippen LogP contribution in [0.1, 0.15) is 30.2 Å². The van der Waals surface area contributed by atoms with Crippen LogP contribution in [0.2, 0.25) is 5.15 Å². The number of ether oxygens (including phenoxy) is 1. The first-order chi connectivity index (χ1) is 16.2. The summed E-state index contributed by atoms with van der Waals surface area (Å²) < 4.78 is 34.5. The van der Waals surface area contributed by atoms with E-state index >= 15 is 4.39 Å². The molecule has 5 rings (SSSR count). The molecule has 7 nitrogen and oxygen atoms in total. The van der Waals surface area contributed by atoms with Crippen molar-refractivity contribution in [2.45, 2.75) is 23.6 Å². The number of benzene rings is 1. The molecule has 0 bridgehead atoms. The quantitative estimate of drug-likeness (QED) is 0.682. The van der Waals surface area contributed by atoms with Crippen LogP contribution >= 0.6 is 23.4 Å². The lowest BCUT2D eigenvalue weighted by molar-refractivity contribution is -0.135. The van der Waals surface area contributed by atoms with E-state index in [-0.39, 0.29) is 33.4 Å². The van der Waals surface area contributed by atoms with Crippen LogP contribution in [-0.4, -0.2) is 57.0 Å². The monoisotopic (exact) mass is 505 g/mol. The summed E-state index contributed by atoms with van der Waals surface area (Å²) in [6.07, 6.45) is 4.24. The van der Waals surface area contributed by atoms with Gasteiger partial charge in [0.1, 0.15) is 21.4 Å². The van der Waals surface area contributed by atoms with Crippen molar-refractivity contribution in [3.05, 3.63) is 58.4 Å². The number of aliphatic imine (C=N–C) groups is 1. The van der Waals surface area contributed by atoms with E-state index in [1.165, 1.54) is 42.4 Å². The van der Waals surface area contributed by atoms with E-state index < -0.39 is 21.9 Å². The molecule has 34 heavy (non-hydrogen) atoms. The normalized spacial score (nSPS) is 28.8. The van der Waals surface area contributed by atoms with Gasteiger partial charge in [0.2, 0.25) is 5.91 Å². The summed E-state index contributed by atoms with van der Waals surface area (Å²) in [7, 11) is 0. The van der Waals surface area contributed by atoms with Gasteiger partial charge < -0.3 is 15.4 Å². The molecule has 0 spiro atoms. The highest BCUT2D eigenvalue weighted by molar-refractivity contribution is 8.15. The summed E-state index contributed by atoms with van der Waals surface area (Å²) in [6, 6.07) is 4.29. The highest BCUT2D eigenvalue weighted by Crippen LogP contribution is 2.66. The first-order valence-electron chi connectivity index (χ1n) is 10.8. The second-order valence-corrected chi connectivity index (χ2v) is 10.4. The van der Waals surface area contributed by atoms with Crippen LogP contribution in [0.15, 0.2) is 35.6 Å². The number of fused-ring (bicyclic) bond motifs is 1. The molecule has 3 aliphatic rings. The van der Waals surface area contributed by atoms with Crippen LogP contribution in [-0.2, 0) is 15.1 Å². The Morgan fingerprint density at radius 2 is 2.09 bits per heavy atom. The van der Waals surface area contributed by atoms with Gasteiger partial charge in [-0.25, -0.2) is 18.7 Å². The fourth-order valence-corrected chi connectivity index (χ4v) is 6.31. The number of hydrogen-bond acceptors (Lipinski definition) is 7. The molecule has 2 N–H and O–H groups in total. The Hall–Kier alpha value is -2.56. The SMILES string of the molecule is C[C@]1(c2cc(/C=C(\F)c3cnc(Cl)cn3)ccc2F)N=C(N)S[C@@]2(C(=O)N3CCOCC3)C[C@H]21. The molecule has 3 atom stereocenters. The van der Waals surface area contributed by atoms with Gasteiger partial charge in [-0.2, -0.15) is 0 Å². The number of carbonyl (C=O) groups excluding carboxylic acids is 1. The summed E-state index contributed by atoms with van der Waals surface area (Å²) >= 11 is 6.97. The number of nitrogens with zero attached hydrogens (tertiary/aromatic N) is 4. The van der Waals surface area contributed by atoms with Crippen LogP contribution in [0, 0.1) is 11.7 Å². The standard InChI is InChI=1S/C23H22ClF2N5O2S/c1-22(18-10-23(18,34-21(27)30-22)20(32)31-4-6-33-7-5-31)14-8-13(2-3-15(14)25)9-16(26)17-11-29-19(24)12-28-17/h2-3,8-9,11-12,18H,4-7,10H2,1H3,(H2,27,30)/b16-9-/t18-,22+,23-/m0/s1. The van der Waals surface area contributed by atoms with Gasteiger partial charge in [0.25, 0.3) is 0 Å². The van der Waals surface area contributed by atoms with E-state index in [9.17, 15) is 9.18 Å². The van der Waals surface area contributed by atoms with E-state index in [0.29, 0.717) is 38.3 Å². The fourth-order valence-electron chi connectivity index (χ4n) is 4.76. The van der Waals surface area contributed by atoms with Crippen molar-refractivity contribution in [2.75, 3.05) is 26.3 Å². The number of nitrogens with two attached hydrogens (primary N) is 1. The van der Waals surface area contributed by atoms with Gasteiger partial charge in [-0.05, 0) is 37.1 Å². The third-order valence-corrected chi connectivity index (χ3v) is 8.06. The lowest BCUT2D eigenvalue weighted by atomic mass is 9.84. The number of halogens is 3. The zero-order valence-corrected chi connectivity index (χ0v) is 19.9. The number of carbonyl (C=O) groups is 1. The molecule has 1 amide bonds. The Balaban J connectivity index is 1.48. The van der Waals surface area contributed by atoms with Gasteiger partial charge in [-0.15, -0.1) is 0 Å². The number of rotatable bonds is 4. The number of amidine groups is 1. The first kappa shape index (κ1) is 23.2. The minimum absolute atomic E-state index is 0.00939. The van der Waals surface area contributed by atoms with Gasteiger partial charge >= 0.3 is 0 Å². The van der Waals surface area contributed by atoms with Gasteiger partial charge in [0.05, 0.1) is 31.1 Å². The van der Waals surface area contributed by atoms with Crippen molar-refractivity contribution in [2.24, 2.45) is 16.6 Å². The summed E-state index contributed by atoms with van der Waals surface area (Å²) in [5, 5.41) is 0.388. The van der Waals surface area contributed by atoms with Crippen LogP contribution in [0.3, 0.4) is 0 Å². The minimum Gasteiger partial charge on any atom is -0.378 e. The lowest BCUT2D eigenvalue weighted by Gasteiger charge is -2.36. The predicted molar refractivity (Wildman–Crippen MR) is 127 cm³/mol. The predicted octanol–water partition coefficient (Wildman–Crippen LogP) is 3.63. The highest BCUT2D eigenvalue weighted by atomic mass is 35.5. The number of thioether (sulfide) groups is 1. The van der Waals surface area contributed by atoms with Crippen molar-refractivity contribution in [1.82, 2.24) is 14.9 Å². The summed E-state index contributed by atoms with van der Waals surface area (Å²) in [5.74, 6) is -1.39. The second-order valence-electron chi connectivity index (χ2n) is 8.71. The van der Waals surface area contributed by atoms with Gasteiger partial charge in [0, 0.05) is 24.6 Å². The van der Waals surface area contributed by atoms with Crippen LogP contribution < -0.4 is 5.73 Å². The Morgan fingerprint density at radius 3 is 2.79 bits per heavy atom. The summed E-state index contributed by atoms with van der Waals surface area (Å²) in [5.41, 5.74) is 5.80. The number of amides is 1. The maximum absolute atomic E-state index is 15.1. The smallest absolute Gasteiger partial charge is 0.239 e. The molecule has 1 saturated heterocycles. The largest absolute Gasteiger partial charge is 0.378 e. The topological polar surface area (TPSA) is 93.7 Å². The van der Waals surface area contributed by atoms with Crippen molar-refractivity contribution < 1.29 is 18.3 Å². The molecule has 2 aromatic rings. The van der Waals surface area contributed by atoms with E-state index in [1.807, 2.05) is 0 Å². The molecule has 3 heterocycles. The molecule has 2 fully saturated rings. The van der Waals surface area contributed by atoms with Crippen molar-refractivity contribution in [3.63, 3.8) is 0 Å². The Morgan fingerprint density at radius 1 is 1.32 bits per heavy atom. The maximum Gasteiger partial charge on any atom is 0.239 e. The molecule has 0 radical (unpaired) electrons. The average molecular weight is 506 g/mol. The molecule has 1 aliphatic carbocycles. The van der Waals surface area contributed by atoms with Gasteiger partial charge in [-0.3, -0.25) is 9.79 Å². The van der Waals surface area contributed by atoms with Crippen molar-refractivity contribution >= 4 is 46.3 Å². The molecule has 11 heteroatoms. The minimum atomic E-state index is -1.07. The van der Waals surface area contributed by atoms with Crippen LogP contribution in [0.5, 0.6) is 0 Å². The van der Waals surface area contributed by atoms with Crippen molar-refractivity contribution in [3.8, 4) is 0 Å². The van der Waals surface area contributed by atoms with Crippen LogP contribution in [0.4, 0.5) is 8.78 Å². The molecule has 178 valence electrons. The highest BCUT2D eigenvalue weighted by Gasteiger charge is 2.71. The zero-order valence-electron chi connectivity index (χ0n) is 18.3. The van der Waals surface area contributed by atoms with E-state index in [0.717, 1.165) is 0 Å². The average Bonchev–Trinajstić information content (AvgIpc) is 3.57.